The van der Waals surface area contributed by atoms with Crippen LogP contribution in [0.25, 0.3) is 5.82 Å². The van der Waals surface area contributed by atoms with Gasteiger partial charge in [-0.15, -0.1) is 0 Å². The zero-order valence-corrected chi connectivity index (χ0v) is 14.7. The minimum Gasteiger partial charge on any atom is -0.312 e. The summed E-state index contributed by atoms with van der Waals surface area (Å²) in [6.45, 7) is 0.299. The van der Waals surface area contributed by atoms with E-state index in [0.717, 1.165) is 5.69 Å². The van der Waals surface area contributed by atoms with Gasteiger partial charge in [0.25, 0.3) is 0 Å². The van der Waals surface area contributed by atoms with E-state index in [9.17, 15) is 9.59 Å². The summed E-state index contributed by atoms with van der Waals surface area (Å²) < 4.78 is 1.46. The summed E-state index contributed by atoms with van der Waals surface area (Å²) in [5, 5.41) is 7.31. The van der Waals surface area contributed by atoms with E-state index >= 15 is 0 Å². The van der Waals surface area contributed by atoms with Crippen LogP contribution in [0.1, 0.15) is 6.42 Å². The molecule has 1 fully saturated rings. The molecule has 1 unspecified atom stereocenters. The minimum atomic E-state index is -0.474. The third-order valence-corrected chi connectivity index (χ3v) is 4.44. The summed E-state index contributed by atoms with van der Waals surface area (Å²) in [4.78, 5) is 38.5. The van der Waals surface area contributed by atoms with Crippen LogP contribution in [-0.2, 0) is 9.59 Å². The number of nitrogens with one attached hydrogen (secondary N) is 1. The summed E-state index contributed by atoms with van der Waals surface area (Å²) >= 11 is 5.88. The number of carbonyl (C=O) groups excluding carboxylic acids is 2. The Hall–Kier alpha value is -3.33. The number of anilines is 2. The monoisotopic (exact) mass is 383 g/mol. The predicted octanol–water partition coefficient (Wildman–Crippen LogP) is 1.70. The van der Waals surface area contributed by atoms with Crippen molar-refractivity contribution < 1.29 is 9.59 Å². The number of carbonyl (C=O) groups is 2. The van der Waals surface area contributed by atoms with Crippen molar-refractivity contribution in [1.29, 1.82) is 0 Å². The smallest absolute Gasteiger partial charge is 0.230 e. The highest BCUT2D eigenvalue weighted by Gasteiger charge is 2.35. The first kappa shape index (κ1) is 17.1. The highest BCUT2D eigenvalue weighted by molar-refractivity contribution is 6.30. The topological polar surface area (TPSA) is 106 Å². The van der Waals surface area contributed by atoms with E-state index in [0.29, 0.717) is 23.2 Å². The van der Waals surface area contributed by atoms with Gasteiger partial charge < -0.3 is 10.2 Å². The maximum atomic E-state index is 12.6. The lowest BCUT2D eigenvalue weighted by Crippen LogP contribution is -2.28. The molecule has 2 amide bonds. The van der Waals surface area contributed by atoms with Crippen LogP contribution in [-0.4, -0.2) is 43.1 Å². The molecule has 0 radical (unpaired) electrons. The highest BCUT2D eigenvalue weighted by Crippen LogP contribution is 2.27. The van der Waals surface area contributed by atoms with Gasteiger partial charge in [0, 0.05) is 29.7 Å². The first-order valence-corrected chi connectivity index (χ1v) is 8.52. The molecule has 0 saturated carbocycles. The van der Waals surface area contributed by atoms with Crippen LogP contribution in [0.2, 0.25) is 5.02 Å². The summed E-state index contributed by atoms with van der Waals surface area (Å²) in [5.41, 5.74) is 0.718. The average molecular weight is 384 g/mol. The maximum Gasteiger partial charge on any atom is 0.230 e. The fourth-order valence-electron chi connectivity index (χ4n) is 2.85. The van der Waals surface area contributed by atoms with Crippen molar-refractivity contribution in [3.63, 3.8) is 0 Å². The van der Waals surface area contributed by atoms with Gasteiger partial charge in [0.05, 0.1) is 5.92 Å². The number of nitrogens with zero attached hydrogens (tertiary/aromatic N) is 6. The van der Waals surface area contributed by atoms with E-state index in [2.05, 4.69) is 25.4 Å². The number of aromatic nitrogens is 5. The van der Waals surface area contributed by atoms with Crippen molar-refractivity contribution in [2.45, 2.75) is 6.42 Å². The zero-order valence-electron chi connectivity index (χ0n) is 14.0. The standard InChI is InChI=1S/C17H14ClN7O2/c18-12-1-3-13(4-2-12)24-7-11(5-16(24)26)17(27)23-14-6-15(21-9-20-14)25-10-19-8-22-25/h1-4,6,8-11H,5,7H2,(H,20,21,23,27). The Morgan fingerprint density at radius 2 is 2.00 bits per heavy atom. The summed E-state index contributed by atoms with van der Waals surface area (Å²) in [6, 6.07) is 8.53. The molecule has 1 aromatic carbocycles. The number of hydrogen-bond acceptors (Lipinski definition) is 6. The molecule has 1 saturated heterocycles. The molecule has 1 N–H and O–H groups in total. The van der Waals surface area contributed by atoms with Crippen LogP contribution in [0.3, 0.4) is 0 Å². The fourth-order valence-corrected chi connectivity index (χ4v) is 2.98. The van der Waals surface area contributed by atoms with E-state index in [-0.39, 0.29) is 18.2 Å². The molecule has 0 bridgehead atoms. The molecule has 3 aromatic rings. The Balaban J connectivity index is 1.45. The molecule has 27 heavy (non-hydrogen) atoms. The van der Waals surface area contributed by atoms with E-state index in [1.54, 1.807) is 35.2 Å². The van der Waals surface area contributed by atoms with Gasteiger partial charge >= 0.3 is 0 Å². The van der Waals surface area contributed by atoms with E-state index in [1.165, 1.54) is 23.7 Å². The van der Waals surface area contributed by atoms with E-state index in [4.69, 9.17) is 11.6 Å². The van der Waals surface area contributed by atoms with Gasteiger partial charge in [-0.2, -0.15) is 5.10 Å². The lowest BCUT2D eigenvalue weighted by molar-refractivity contribution is -0.122. The number of amides is 2. The normalized spacial score (nSPS) is 16.6. The Morgan fingerprint density at radius 1 is 1.19 bits per heavy atom. The highest BCUT2D eigenvalue weighted by atomic mass is 35.5. The molecule has 1 aliphatic rings. The molecule has 1 atom stereocenters. The van der Waals surface area contributed by atoms with Crippen molar-refractivity contribution in [1.82, 2.24) is 24.7 Å². The molecule has 10 heteroatoms. The molecular weight excluding hydrogens is 370 g/mol. The van der Waals surface area contributed by atoms with Gasteiger partial charge in [0.1, 0.15) is 24.8 Å². The predicted molar refractivity (Wildman–Crippen MR) is 97.5 cm³/mol. The van der Waals surface area contributed by atoms with Gasteiger partial charge in [0.2, 0.25) is 11.8 Å². The molecule has 4 rings (SSSR count). The van der Waals surface area contributed by atoms with E-state index in [1.807, 2.05) is 0 Å². The van der Waals surface area contributed by atoms with Crippen LogP contribution >= 0.6 is 11.6 Å². The Bertz CT molecular complexity index is 975. The largest absolute Gasteiger partial charge is 0.312 e. The molecule has 9 nitrogen and oxygen atoms in total. The molecule has 3 heterocycles. The summed E-state index contributed by atoms with van der Waals surface area (Å²) in [6.07, 6.45) is 4.34. The van der Waals surface area contributed by atoms with Crippen molar-refractivity contribution in [3.8, 4) is 5.82 Å². The summed E-state index contributed by atoms with van der Waals surface area (Å²) in [5.74, 6) is -0.0505. The van der Waals surface area contributed by atoms with Crippen LogP contribution in [0, 0.1) is 5.92 Å². The third-order valence-electron chi connectivity index (χ3n) is 4.19. The molecule has 2 aromatic heterocycles. The molecule has 1 aliphatic heterocycles. The van der Waals surface area contributed by atoms with Crippen LogP contribution in [0.15, 0.2) is 49.3 Å². The van der Waals surface area contributed by atoms with Gasteiger partial charge in [0.15, 0.2) is 5.82 Å². The quantitative estimate of drug-likeness (QED) is 0.735. The van der Waals surface area contributed by atoms with Gasteiger partial charge in [-0.05, 0) is 24.3 Å². The van der Waals surface area contributed by atoms with Crippen LogP contribution in [0.5, 0.6) is 0 Å². The lowest BCUT2D eigenvalue weighted by atomic mass is 10.1. The number of benzene rings is 1. The first-order chi connectivity index (χ1) is 13.1. The molecular formula is C17H14ClN7O2. The minimum absolute atomic E-state index is 0.108. The molecule has 0 spiro atoms. The first-order valence-electron chi connectivity index (χ1n) is 8.14. The van der Waals surface area contributed by atoms with Crippen molar-refractivity contribution >= 4 is 34.9 Å². The summed E-state index contributed by atoms with van der Waals surface area (Å²) in [7, 11) is 0. The van der Waals surface area contributed by atoms with Crippen molar-refractivity contribution in [2.24, 2.45) is 5.92 Å². The number of hydrogen-bond donors (Lipinski definition) is 1. The second kappa shape index (κ2) is 7.12. The zero-order chi connectivity index (χ0) is 18.8. The molecule has 136 valence electrons. The van der Waals surface area contributed by atoms with Gasteiger partial charge in [-0.25, -0.2) is 19.6 Å². The maximum absolute atomic E-state index is 12.6. The van der Waals surface area contributed by atoms with Crippen LogP contribution in [0.4, 0.5) is 11.5 Å². The average Bonchev–Trinajstić information content (AvgIpc) is 3.33. The van der Waals surface area contributed by atoms with Gasteiger partial charge in [-0.1, -0.05) is 11.6 Å². The Kier molecular flexibility index (Phi) is 4.51. The molecule has 0 aliphatic carbocycles. The lowest BCUT2D eigenvalue weighted by Gasteiger charge is -2.16. The second-order valence-electron chi connectivity index (χ2n) is 5.97. The Morgan fingerprint density at radius 3 is 2.74 bits per heavy atom. The second-order valence-corrected chi connectivity index (χ2v) is 6.41. The SMILES string of the molecule is O=C(Nc1cc(-n2cncn2)ncn1)C1CC(=O)N(c2ccc(Cl)cc2)C1. The van der Waals surface area contributed by atoms with Crippen molar-refractivity contribution in [3.05, 3.63) is 54.3 Å². The van der Waals surface area contributed by atoms with Gasteiger partial charge in [-0.3, -0.25) is 9.59 Å². The number of rotatable bonds is 4. The Labute approximate surface area is 159 Å². The van der Waals surface area contributed by atoms with Crippen LogP contribution < -0.4 is 10.2 Å². The fraction of sp³-hybridized carbons (Fsp3) is 0.176. The van der Waals surface area contributed by atoms with Crippen molar-refractivity contribution in [2.75, 3.05) is 16.8 Å². The third kappa shape index (κ3) is 3.63. The van der Waals surface area contributed by atoms with E-state index < -0.39 is 5.92 Å². The number of halogens is 1.